The number of halogens is 4. The van der Waals surface area contributed by atoms with Crippen LogP contribution in [0.4, 0.5) is 13.2 Å². The normalized spacial score (nSPS) is 25.0. The number of ether oxygens (including phenoxy) is 1. The zero-order valence-corrected chi connectivity index (χ0v) is 9.11. The van der Waals surface area contributed by atoms with Crippen molar-refractivity contribution in [2.45, 2.75) is 12.5 Å². The fraction of sp³-hybridized carbons (Fsp3) is 0.455. The molecule has 5 heteroatoms. The van der Waals surface area contributed by atoms with Gasteiger partial charge in [0.15, 0.2) is 11.6 Å². The smallest absolute Gasteiger partial charge is 0.161 e. The van der Waals surface area contributed by atoms with E-state index in [1.807, 2.05) is 0 Å². The number of alkyl halides is 1. The van der Waals surface area contributed by atoms with E-state index in [1.165, 1.54) is 0 Å². The highest BCUT2D eigenvalue weighted by Gasteiger charge is 2.31. The first kappa shape index (κ1) is 11.7. The Balaban J connectivity index is 2.36. The third-order valence-corrected chi connectivity index (χ3v) is 3.15. The standard InChI is InChI=1S/C11H10ClF3O/c12-5-6-1-2-16-11(6)7-3-9(14)10(15)4-8(7)13/h3-4,6,11H,1-2,5H2. The van der Waals surface area contributed by atoms with Gasteiger partial charge in [-0.2, -0.15) is 0 Å². The summed E-state index contributed by atoms with van der Waals surface area (Å²) in [7, 11) is 0. The van der Waals surface area contributed by atoms with Gasteiger partial charge in [-0.05, 0) is 12.5 Å². The van der Waals surface area contributed by atoms with E-state index >= 15 is 0 Å². The summed E-state index contributed by atoms with van der Waals surface area (Å²) in [4.78, 5) is 0. The van der Waals surface area contributed by atoms with E-state index in [-0.39, 0.29) is 11.5 Å². The zero-order valence-electron chi connectivity index (χ0n) is 8.35. The molecule has 0 N–H and O–H groups in total. The number of benzene rings is 1. The molecule has 0 radical (unpaired) electrons. The van der Waals surface area contributed by atoms with Crippen LogP contribution < -0.4 is 0 Å². The van der Waals surface area contributed by atoms with Crippen LogP contribution in [0.2, 0.25) is 0 Å². The van der Waals surface area contributed by atoms with Gasteiger partial charge in [0.05, 0.1) is 6.10 Å². The van der Waals surface area contributed by atoms with Gasteiger partial charge in [-0.3, -0.25) is 0 Å². The Morgan fingerprint density at radius 3 is 2.56 bits per heavy atom. The molecule has 1 aromatic carbocycles. The molecule has 1 aromatic rings. The molecule has 16 heavy (non-hydrogen) atoms. The van der Waals surface area contributed by atoms with Gasteiger partial charge < -0.3 is 4.74 Å². The number of rotatable bonds is 2. The van der Waals surface area contributed by atoms with Crippen LogP contribution in [-0.4, -0.2) is 12.5 Å². The molecule has 0 aliphatic carbocycles. The van der Waals surface area contributed by atoms with Crippen molar-refractivity contribution in [2.75, 3.05) is 12.5 Å². The SMILES string of the molecule is Fc1cc(F)c(C2OCCC2CCl)cc1F. The average Bonchev–Trinajstić information content (AvgIpc) is 2.71. The van der Waals surface area contributed by atoms with Crippen molar-refractivity contribution in [1.29, 1.82) is 0 Å². The molecule has 0 amide bonds. The molecule has 0 saturated carbocycles. The van der Waals surface area contributed by atoms with Crippen molar-refractivity contribution < 1.29 is 17.9 Å². The monoisotopic (exact) mass is 250 g/mol. The van der Waals surface area contributed by atoms with E-state index in [2.05, 4.69) is 0 Å². The molecule has 0 aromatic heterocycles. The Bertz CT molecular complexity index is 397. The zero-order chi connectivity index (χ0) is 11.7. The third kappa shape index (κ3) is 2.04. The lowest BCUT2D eigenvalue weighted by Crippen LogP contribution is -2.11. The van der Waals surface area contributed by atoms with Gasteiger partial charge in [-0.1, -0.05) is 0 Å². The van der Waals surface area contributed by atoms with Gasteiger partial charge in [0.25, 0.3) is 0 Å². The second-order valence-electron chi connectivity index (χ2n) is 3.78. The quantitative estimate of drug-likeness (QED) is 0.577. The summed E-state index contributed by atoms with van der Waals surface area (Å²) in [5.41, 5.74) is 0.0436. The average molecular weight is 251 g/mol. The molecule has 0 bridgehead atoms. The summed E-state index contributed by atoms with van der Waals surface area (Å²) < 4.78 is 44.5. The van der Waals surface area contributed by atoms with Crippen LogP contribution in [-0.2, 0) is 4.74 Å². The van der Waals surface area contributed by atoms with Crippen molar-refractivity contribution in [3.63, 3.8) is 0 Å². The lowest BCUT2D eigenvalue weighted by atomic mass is 9.96. The molecule has 88 valence electrons. The number of hydrogen-bond acceptors (Lipinski definition) is 1. The van der Waals surface area contributed by atoms with Crippen molar-refractivity contribution in [3.05, 3.63) is 35.1 Å². The van der Waals surface area contributed by atoms with Crippen LogP contribution in [0.3, 0.4) is 0 Å². The minimum absolute atomic E-state index is 0.0436. The summed E-state index contributed by atoms with van der Waals surface area (Å²) in [6.07, 6.45) is 0.125. The van der Waals surface area contributed by atoms with Crippen LogP contribution in [0.25, 0.3) is 0 Å². The van der Waals surface area contributed by atoms with Crippen LogP contribution in [0, 0.1) is 23.4 Å². The highest BCUT2D eigenvalue weighted by molar-refractivity contribution is 6.18. The highest BCUT2D eigenvalue weighted by atomic mass is 35.5. The maximum absolute atomic E-state index is 13.5. The molecule has 2 unspecified atom stereocenters. The Morgan fingerprint density at radius 1 is 1.19 bits per heavy atom. The van der Waals surface area contributed by atoms with Crippen LogP contribution in [0.1, 0.15) is 18.1 Å². The first-order chi connectivity index (χ1) is 7.63. The highest BCUT2D eigenvalue weighted by Crippen LogP contribution is 2.36. The van der Waals surface area contributed by atoms with Gasteiger partial charge in [-0.25, -0.2) is 13.2 Å². The second-order valence-corrected chi connectivity index (χ2v) is 4.09. The fourth-order valence-electron chi connectivity index (χ4n) is 1.89. The molecule has 1 fully saturated rings. The van der Waals surface area contributed by atoms with E-state index in [0.29, 0.717) is 25.0 Å². The van der Waals surface area contributed by atoms with Gasteiger partial charge in [-0.15, -0.1) is 11.6 Å². The minimum Gasteiger partial charge on any atom is -0.373 e. The predicted octanol–water partition coefficient (Wildman–Crippen LogP) is 3.42. The van der Waals surface area contributed by atoms with Gasteiger partial charge in [0, 0.05) is 30.0 Å². The summed E-state index contributed by atoms with van der Waals surface area (Å²) >= 11 is 5.71. The maximum atomic E-state index is 13.5. The topological polar surface area (TPSA) is 9.23 Å². The minimum atomic E-state index is -1.19. The van der Waals surface area contributed by atoms with Crippen molar-refractivity contribution in [3.8, 4) is 0 Å². The first-order valence-electron chi connectivity index (χ1n) is 4.95. The molecule has 2 rings (SSSR count). The molecule has 1 aliphatic heterocycles. The molecule has 0 spiro atoms. The van der Waals surface area contributed by atoms with Crippen LogP contribution in [0.15, 0.2) is 12.1 Å². The van der Waals surface area contributed by atoms with E-state index < -0.39 is 23.6 Å². The number of hydrogen-bond donors (Lipinski definition) is 0. The first-order valence-corrected chi connectivity index (χ1v) is 5.49. The summed E-state index contributed by atoms with van der Waals surface area (Å²) in [6.45, 7) is 0.459. The molecular weight excluding hydrogens is 241 g/mol. The molecular formula is C11H10ClF3O. The van der Waals surface area contributed by atoms with Gasteiger partial charge in [0.1, 0.15) is 5.82 Å². The summed E-state index contributed by atoms with van der Waals surface area (Å²) in [5, 5.41) is 0. The maximum Gasteiger partial charge on any atom is 0.161 e. The summed E-state index contributed by atoms with van der Waals surface area (Å²) in [5.74, 6) is -2.80. The van der Waals surface area contributed by atoms with Gasteiger partial charge >= 0.3 is 0 Å². The molecule has 1 heterocycles. The van der Waals surface area contributed by atoms with E-state index in [9.17, 15) is 13.2 Å². The lowest BCUT2D eigenvalue weighted by Gasteiger charge is -2.17. The second kappa shape index (κ2) is 4.63. The Hall–Kier alpha value is -0.740. The largest absolute Gasteiger partial charge is 0.373 e. The third-order valence-electron chi connectivity index (χ3n) is 2.76. The molecule has 2 atom stereocenters. The van der Waals surface area contributed by atoms with Crippen molar-refractivity contribution in [1.82, 2.24) is 0 Å². The van der Waals surface area contributed by atoms with E-state index in [1.54, 1.807) is 0 Å². The van der Waals surface area contributed by atoms with Crippen LogP contribution >= 0.6 is 11.6 Å². The Kier molecular flexibility index (Phi) is 3.40. The Morgan fingerprint density at radius 2 is 1.88 bits per heavy atom. The van der Waals surface area contributed by atoms with Crippen molar-refractivity contribution >= 4 is 11.6 Å². The predicted molar refractivity (Wildman–Crippen MR) is 53.8 cm³/mol. The lowest BCUT2D eigenvalue weighted by molar-refractivity contribution is 0.0916. The van der Waals surface area contributed by atoms with Crippen molar-refractivity contribution in [2.24, 2.45) is 5.92 Å². The summed E-state index contributed by atoms with van der Waals surface area (Å²) in [6, 6.07) is 1.39. The van der Waals surface area contributed by atoms with Gasteiger partial charge in [0.2, 0.25) is 0 Å². The molecule has 1 nitrogen and oxygen atoms in total. The Labute approximate surface area is 96.2 Å². The van der Waals surface area contributed by atoms with E-state index in [4.69, 9.17) is 16.3 Å². The fourth-order valence-corrected chi connectivity index (χ4v) is 2.21. The van der Waals surface area contributed by atoms with E-state index in [0.717, 1.165) is 6.07 Å². The molecule has 1 saturated heterocycles. The van der Waals surface area contributed by atoms with Crippen LogP contribution in [0.5, 0.6) is 0 Å². The molecule has 1 aliphatic rings.